The van der Waals surface area contributed by atoms with Crippen LogP contribution in [0.5, 0.6) is 0 Å². The zero-order chi connectivity index (χ0) is 12.1. The first-order valence-corrected chi connectivity index (χ1v) is 5.80. The van der Waals surface area contributed by atoms with Gasteiger partial charge in [-0.15, -0.1) is 0 Å². The minimum absolute atomic E-state index is 0. The molecule has 1 atom stereocenters. The van der Waals surface area contributed by atoms with Crippen LogP contribution >= 0.6 is 0 Å². The van der Waals surface area contributed by atoms with Crippen LogP contribution in [0, 0.1) is 5.92 Å². The highest BCUT2D eigenvalue weighted by molar-refractivity contribution is 6.06. The van der Waals surface area contributed by atoms with Gasteiger partial charge in [-0.25, -0.2) is 0 Å². The molecule has 3 heteroatoms. The second-order valence-electron chi connectivity index (χ2n) is 4.05. The first-order valence-electron chi connectivity index (χ1n) is 5.80. The van der Waals surface area contributed by atoms with Crippen molar-refractivity contribution in [3.63, 3.8) is 0 Å². The summed E-state index contributed by atoms with van der Waals surface area (Å²) < 4.78 is 0. The summed E-state index contributed by atoms with van der Waals surface area (Å²) in [6.45, 7) is 0. The molecule has 17 heavy (non-hydrogen) atoms. The minimum atomic E-state index is -0.0282. The maximum atomic E-state index is 11.6. The molecule has 2 aliphatic rings. The van der Waals surface area contributed by atoms with Gasteiger partial charge in [-0.2, -0.15) is 0 Å². The van der Waals surface area contributed by atoms with Crippen molar-refractivity contribution in [3.05, 3.63) is 48.2 Å². The standard InChI is InChI=1S/C14H16N2O.H2/c1-15-14(17)12-8-5-9-16-13(10-12)11-6-3-2-4-7-11;/h2-6,9-11H,7-8H2,1H3,(H,15,17);1H. The maximum absolute atomic E-state index is 11.6. The molecule has 1 unspecified atom stereocenters. The fourth-order valence-corrected chi connectivity index (χ4v) is 1.91. The summed E-state index contributed by atoms with van der Waals surface area (Å²) in [6, 6.07) is 0. The molecule has 90 valence electrons. The number of carbonyl (C=O) groups excluding carboxylic acids is 1. The lowest BCUT2D eigenvalue weighted by Gasteiger charge is -2.13. The van der Waals surface area contributed by atoms with Crippen molar-refractivity contribution >= 4 is 11.6 Å². The van der Waals surface area contributed by atoms with Gasteiger partial charge in [0.05, 0.1) is 0 Å². The van der Waals surface area contributed by atoms with Gasteiger partial charge in [-0.1, -0.05) is 30.4 Å². The third-order valence-corrected chi connectivity index (χ3v) is 2.87. The predicted octanol–water partition coefficient (Wildman–Crippen LogP) is 2.40. The lowest BCUT2D eigenvalue weighted by molar-refractivity contribution is -0.117. The Morgan fingerprint density at radius 3 is 3.06 bits per heavy atom. The quantitative estimate of drug-likeness (QED) is 0.777. The number of nitrogens with one attached hydrogen (secondary N) is 1. The van der Waals surface area contributed by atoms with Gasteiger partial charge >= 0.3 is 0 Å². The van der Waals surface area contributed by atoms with Crippen molar-refractivity contribution in [3.8, 4) is 0 Å². The van der Waals surface area contributed by atoms with Gasteiger partial charge in [0.2, 0.25) is 5.91 Å². The Balaban J connectivity index is 0.00000162. The van der Waals surface area contributed by atoms with Crippen LogP contribution in [0.25, 0.3) is 0 Å². The highest BCUT2D eigenvalue weighted by Crippen LogP contribution is 2.18. The molecule has 0 radical (unpaired) electrons. The molecule has 2 rings (SSSR count). The Labute approximate surface area is 103 Å². The second-order valence-corrected chi connectivity index (χ2v) is 4.05. The van der Waals surface area contributed by atoms with Crippen LogP contribution in [0.2, 0.25) is 0 Å². The van der Waals surface area contributed by atoms with Crippen LogP contribution < -0.4 is 5.32 Å². The molecule has 1 amide bonds. The molecule has 0 aromatic carbocycles. The smallest absolute Gasteiger partial charge is 0.247 e. The number of amides is 1. The second kappa shape index (κ2) is 5.43. The Bertz CT molecular complexity index is 458. The summed E-state index contributed by atoms with van der Waals surface area (Å²) in [5.74, 6) is 0.252. The van der Waals surface area contributed by atoms with E-state index in [0.29, 0.717) is 6.42 Å². The molecule has 0 aromatic rings. The van der Waals surface area contributed by atoms with Gasteiger partial charge in [-0.3, -0.25) is 9.79 Å². The Hall–Kier alpha value is -1.90. The molecule has 1 N–H and O–H groups in total. The summed E-state index contributed by atoms with van der Waals surface area (Å²) in [5.41, 5.74) is 1.72. The topological polar surface area (TPSA) is 41.5 Å². The molecule has 1 heterocycles. The average molecular weight is 230 g/mol. The lowest BCUT2D eigenvalue weighted by atomic mass is 9.93. The van der Waals surface area contributed by atoms with Crippen molar-refractivity contribution < 1.29 is 6.22 Å². The van der Waals surface area contributed by atoms with Crippen molar-refractivity contribution in [2.75, 3.05) is 7.05 Å². The van der Waals surface area contributed by atoms with Crippen LogP contribution in [0.15, 0.2) is 53.2 Å². The molecule has 1 aliphatic carbocycles. The first kappa shape index (κ1) is 11.6. The van der Waals surface area contributed by atoms with E-state index < -0.39 is 0 Å². The summed E-state index contributed by atoms with van der Waals surface area (Å²) in [6.07, 6.45) is 15.5. The fourth-order valence-electron chi connectivity index (χ4n) is 1.91. The summed E-state index contributed by atoms with van der Waals surface area (Å²) in [5, 5.41) is 2.66. The Morgan fingerprint density at radius 1 is 1.47 bits per heavy atom. The van der Waals surface area contributed by atoms with Crippen LogP contribution in [0.3, 0.4) is 0 Å². The lowest BCUT2D eigenvalue weighted by Crippen LogP contribution is -2.21. The SMILES string of the molecule is CNC(=O)C1=CC(C2C=CC=CC2)=NC=CC1.[HH]. The number of hydrogen-bond donors (Lipinski definition) is 1. The molecule has 0 aromatic heterocycles. The third kappa shape index (κ3) is 2.81. The van der Waals surface area contributed by atoms with Gasteiger partial charge in [0, 0.05) is 31.9 Å². The number of rotatable bonds is 2. The number of allylic oxidation sites excluding steroid dienone is 6. The number of nitrogens with zero attached hydrogens (tertiary/aromatic N) is 1. The predicted molar refractivity (Wildman–Crippen MR) is 71.8 cm³/mol. The van der Waals surface area contributed by atoms with E-state index in [9.17, 15) is 4.79 Å². The van der Waals surface area contributed by atoms with E-state index in [1.807, 2.05) is 24.3 Å². The minimum Gasteiger partial charge on any atom is -0.355 e. The zero-order valence-corrected chi connectivity index (χ0v) is 9.89. The fraction of sp³-hybridized carbons (Fsp3) is 0.286. The maximum Gasteiger partial charge on any atom is 0.247 e. The van der Waals surface area contributed by atoms with E-state index in [1.54, 1.807) is 13.2 Å². The van der Waals surface area contributed by atoms with E-state index in [-0.39, 0.29) is 13.3 Å². The van der Waals surface area contributed by atoms with Crippen LogP contribution in [0.1, 0.15) is 14.3 Å². The Kier molecular flexibility index (Phi) is 3.70. The summed E-state index contributed by atoms with van der Waals surface area (Å²) >= 11 is 0. The van der Waals surface area contributed by atoms with Gasteiger partial charge in [0.25, 0.3) is 0 Å². The number of aliphatic imine (C=N–C) groups is 1. The third-order valence-electron chi connectivity index (χ3n) is 2.87. The summed E-state index contributed by atoms with van der Waals surface area (Å²) in [7, 11) is 1.65. The van der Waals surface area contributed by atoms with Crippen LogP contribution in [-0.4, -0.2) is 18.7 Å². The molecule has 3 nitrogen and oxygen atoms in total. The number of carbonyl (C=O) groups is 1. The van der Waals surface area contributed by atoms with Crippen molar-refractivity contribution in [2.24, 2.45) is 10.9 Å². The van der Waals surface area contributed by atoms with Gasteiger partial charge < -0.3 is 5.32 Å². The van der Waals surface area contributed by atoms with Crippen LogP contribution in [0.4, 0.5) is 0 Å². The molecule has 0 saturated carbocycles. The van der Waals surface area contributed by atoms with E-state index in [2.05, 4.69) is 22.5 Å². The molecule has 0 bridgehead atoms. The van der Waals surface area contributed by atoms with E-state index >= 15 is 0 Å². The van der Waals surface area contributed by atoms with E-state index in [4.69, 9.17) is 0 Å². The molecule has 0 fully saturated rings. The van der Waals surface area contributed by atoms with Crippen molar-refractivity contribution in [1.82, 2.24) is 5.32 Å². The monoisotopic (exact) mass is 230 g/mol. The zero-order valence-electron chi connectivity index (χ0n) is 9.89. The molecule has 1 aliphatic heterocycles. The number of hydrogen-bond acceptors (Lipinski definition) is 2. The van der Waals surface area contributed by atoms with Crippen LogP contribution in [-0.2, 0) is 4.79 Å². The molecular weight excluding hydrogens is 212 g/mol. The largest absolute Gasteiger partial charge is 0.355 e. The summed E-state index contributed by atoms with van der Waals surface area (Å²) in [4.78, 5) is 16.1. The van der Waals surface area contributed by atoms with E-state index in [1.165, 1.54) is 0 Å². The first-order chi connectivity index (χ1) is 8.31. The van der Waals surface area contributed by atoms with Gasteiger partial charge in [0.15, 0.2) is 0 Å². The van der Waals surface area contributed by atoms with Crippen molar-refractivity contribution in [2.45, 2.75) is 12.8 Å². The van der Waals surface area contributed by atoms with Crippen molar-refractivity contribution in [1.29, 1.82) is 0 Å². The highest BCUT2D eigenvalue weighted by Gasteiger charge is 2.15. The molecular formula is C14H18N2O. The highest BCUT2D eigenvalue weighted by atomic mass is 16.1. The van der Waals surface area contributed by atoms with Gasteiger partial charge in [0.1, 0.15) is 0 Å². The molecule has 0 saturated heterocycles. The molecule has 0 spiro atoms. The van der Waals surface area contributed by atoms with Gasteiger partial charge in [-0.05, 0) is 18.9 Å². The average Bonchev–Trinajstić information content (AvgIpc) is 2.64. The Morgan fingerprint density at radius 2 is 2.35 bits per heavy atom. The van der Waals surface area contributed by atoms with E-state index in [0.717, 1.165) is 17.7 Å². The number of likely N-dealkylation sites (N-methyl/N-ethyl adjacent to an activating group) is 1. The normalized spacial score (nSPS) is 22.8.